The summed E-state index contributed by atoms with van der Waals surface area (Å²) in [6.07, 6.45) is 0.475. The van der Waals surface area contributed by atoms with Crippen molar-refractivity contribution in [2.45, 2.75) is 56.7 Å². The van der Waals surface area contributed by atoms with E-state index in [1.165, 1.54) is 6.92 Å². The topological polar surface area (TPSA) is 142 Å². The lowest BCUT2D eigenvalue weighted by Gasteiger charge is -2.31. The molecular weight excluding hydrogens is 471 g/mol. The number of hydrogen-bond donors (Lipinski definition) is 4. The van der Waals surface area contributed by atoms with E-state index >= 15 is 0 Å². The Bertz CT molecular complexity index is 1060. The highest BCUT2D eigenvalue weighted by molar-refractivity contribution is 7.59. The number of benzene rings is 2. The first-order chi connectivity index (χ1) is 16.7. The van der Waals surface area contributed by atoms with E-state index in [2.05, 4.69) is 10.6 Å². The molecule has 0 saturated heterocycles. The van der Waals surface area contributed by atoms with Gasteiger partial charge in [0.05, 0.1) is 0 Å². The predicted molar refractivity (Wildman–Crippen MR) is 130 cm³/mol. The van der Waals surface area contributed by atoms with Crippen LogP contribution < -0.4 is 10.6 Å². The molecule has 1 aliphatic carbocycles. The van der Waals surface area contributed by atoms with E-state index < -0.39 is 48.7 Å². The van der Waals surface area contributed by atoms with Gasteiger partial charge in [0.15, 0.2) is 0 Å². The summed E-state index contributed by atoms with van der Waals surface area (Å²) in [6, 6.07) is 16.9. The Morgan fingerprint density at radius 2 is 1.60 bits per heavy atom. The number of alkyl carbamates (subject to hydrolysis) is 1. The third-order valence-corrected chi connectivity index (χ3v) is 9.01. The SMILES string of the molecule is CC(NC(=O)C1CCCC1P(=O)(O)C(Cc1ccccc1)NC(=O)OCc1ccccc1)C(=O)O. The number of nitrogens with one attached hydrogen (secondary N) is 2. The van der Waals surface area contributed by atoms with Crippen LogP contribution in [0.2, 0.25) is 0 Å². The van der Waals surface area contributed by atoms with Crippen LogP contribution in [0.1, 0.15) is 37.3 Å². The highest BCUT2D eigenvalue weighted by Crippen LogP contribution is 2.58. The second-order valence-corrected chi connectivity index (χ2v) is 11.4. The van der Waals surface area contributed by atoms with Gasteiger partial charge in [-0.25, -0.2) is 4.79 Å². The van der Waals surface area contributed by atoms with Crippen LogP contribution in [-0.4, -0.2) is 45.5 Å². The number of rotatable bonds is 10. The largest absolute Gasteiger partial charge is 0.480 e. The standard InChI is InChI=1S/C25H31N2O7P/c1-17(24(29)30)26-23(28)20-13-8-14-21(20)35(32,33)22(15-18-9-4-2-5-10-18)27-25(31)34-16-19-11-6-3-7-12-19/h2-7,9-12,17,20-22H,8,13-16H2,1H3,(H,26,28)(H,27,31)(H,29,30)(H,32,33). The molecule has 1 fully saturated rings. The minimum absolute atomic E-state index is 0.00198. The molecular formula is C25H31N2O7P. The first-order valence-corrected chi connectivity index (χ1v) is 13.3. The maximum absolute atomic E-state index is 13.9. The van der Waals surface area contributed by atoms with Gasteiger partial charge in [0.1, 0.15) is 18.4 Å². The molecule has 5 atom stereocenters. The van der Waals surface area contributed by atoms with Crippen molar-refractivity contribution in [3.63, 3.8) is 0 Å². The number of carboxylic acid groups (broad SMARTS) is 1. The highest BCUT2D eigenvalue weighted by atomic mass is 31.2. The van der Waals surface area contributed by atoms with Crippen molar-refractivity contribution in [3.8, 4) is 0 Å². The fourth-order valence-electron chi connectivity index (χ4n) is 4.31. The Labute approximate surface area is 204 Å². The van der Waals surface area contributed by atoms with Gasteiger partial charge in [0, 0.05) is 18.0 Å². The van der Waals surface area contributed by atoms with E-state index in [0.29, 0.717) is 19.3 Å². The van der Waals surface area contributed by atoms with Gasteiger partial charge in [-0.1, -0.05) is 67.1 Å². The molecule has 2 aromatic carbocycles. The average Bonchev–Trinajstić information content (AvgIpc) is 3.35. The maximum Gasteiger partial charge on any atom is 0.408 e. The number of aliphatic carboxylic acids is 1. The zero-order chi connectivity index (χ0) is 25.4. The number of ether oxygens (including phenoxy) is 1. The van der Waals surface area contributed by atoms with E-state index in [1.807, 2.05) is 24.3 Å². The van der Waals surface area contributed by atoms with Crippen LogP contribution in [-0.2, 0) is 31.9 Å². The fraction of sp³-hybridized carbons (Fsp3) is 0.400. The molecule has 0 spiro atoms. The fourth-order valence-corrected chi connectivity index (χ4v) is 6.89. The zero-order valence-corrected chi connectivity index (χ0v) is 20.4. The number of hydrogen-bond acceptors (Lipinski definition) is 5. The van der Waals surface area contributed by atoms with Gasteiger partial charge < -0.3 is 25.4 Å². The van der Waals surface area contributed by atoms with Crippen LogP contribution in [0.4, 0.5) is 4.79 Å². The van der Waals surface area contributed by atoms with Gasteiger partial charge in [-0.3, -0.25) is 14.2 Å². The van der Waals surface area contributed by atoms with Crippen molar-refractivity contribution in [1.29, 1.82) is 0 Å². The first-order valence-electron chi connectivity index (χ1n) is 11.5. The lowest BCUT2D eigenvalue weighted by molar-refractivity contribution is -0.141. The summed E-state index contributed by atoms with van der Waals surface area (Å²) in [5.74, 6) is -3.76. The summed E-state index contributed by atoms with van der Waals surface area (Å²) >= 11 is 0. The van der Waals surface area contributed by atoms with E-state index in [0.717, 1.165) is 11.1 Å². The van der Waals surface area contributed by atoms with Gasteiger partial charge in [0.2, 0.25) is 13.3 Å². The normalized spacial score (nSPS) is 20.7. The third kappa shape index (κ3) is 7.16. The average molecular weight is 503 g/mol. The van der Waals surface area contributed by atoms with E-state index in [-0.39, 0.29) is 13.0 Å². The molecule has 2 amide bonds. The molecule has 188 valence electrons. The summed E-state index contributed by atoms with van der Waals surface area (Å²) in [5.41, 5.74) is 0.606. The number of amides is 2. The van der Waals surface area contributed by atoms with Crippen LogP contribution in [0.3, 0.4) is 0 Å². The molecule has 0 heterocycles. The minimum atomic E-state index is -4.16. The molecule has 3 rings (SSSR count). The highest BCUT2D eigenvalue weighted by Gasteiger charge is 2.49. The lowest BCUT2D eigenvalue weighted by Crippen LogP contribution is -2.45. The van der Waals surface area contributed by atoms with Gasteiger partial charge in [-0.2, -0.15) is 0 Å². The van der Waals surface area contributed by atoms with E-state index in [4.69, 9.17) is 9.84 Å². The quantitative estimate of drug-likeness (QED) is 0.364. The summed E-state index contributed by atoms with van der Waals surface area (Å²) in [7, 11) is -4.16. The van der Waals surface area contributed by atoms with Crippen molar-refractivity contribution in [3.05, 3.63) is 71.8 Å². The molecule has 0 aromatic heterocycles. The lowest BCUT2D eigenvalue weighted by atomic mass is 10.1. The summed E-state index contributed by atoms with van der Waals surface area (Å²) < 4.78 is 19.1. The summed E-state index contributed by atoms with van der Waals surface area (Å²) in [6.45, 7) is 1.34. The molecule has 1 aliphatic rings. The molecule has 0 radical (unpaired) electrons. The van der Waals surface area contributed by atoms with Crippen molar-refractivity contribution >= 4 is 25.3 Å². The van der Waals surface area contributed by atoms with Crippen LogP contribution in [0.5, 0.6) is 0 Å². The zero-order valence-electron chi connectivity index (χ0n) is 19.5. The second-order valence-electron chi connectivity index (χ2n) is 8.76. The Balaban J connectivity index is 1.77. The van der Waals surface area contributed by atoms with Crippen LogP contribution in [0.25, 0.3) is 0 Å². The second kappa shape index (κ2) is 12.0. The number of carboxylic acids is 1. The Kier molecular flexibility index (Phi) is 9.07. The van der Waals surface area contributed by atoms with Gasteiger partial charge >= 0.3 is 12.1 Å². The van der Waals surface area contributed by atoms with Crippen molar-refractivity contribution in [2.24, 2.45) is 5.92 Å². The minimum Gasteiger partial charge on any atom is -0.480 e. The maximum atomic E-state index is 13.9. The van der Waals surface area contributed by atoms with Crippen molar-refractivity contribution in [2.75, 3.05) is 0 Å². The monoisotopic (exact) mass is 502 g/mol. The molecule has 4 N–H and O–H groups in total. The van der Waals surface area contributed by atoms with Gasteiger partial charge in [-0.05, 0) is 30.9 Å². The molecule has 35 heavy (non-hydrogen) atoms. The van der Waals surface area contributed by atoms with Crippen molar-refractivity contribution in [1.82, 2.24) is 10.6 Å². The molecule has 0 aliphatic heterocycles. The van der Waals surface area contributed by atoms with Crippen LogP contribution in [0, 0.1) is 5.92 Å². The Morgan fingerprint density at radius 1 is 1.00 bits per heavy atom. The van der Waals surface area contributed by atoms with Gasteiger partial charge in [0.25, 0.3) is 0 Å². The molecule has 2 aromatic rings. The van der Waals surface area contributed by atoms with Crippen molar-refractivity contribution < 1.29 is 33.7 Å². The van der Waals surface area contributed by atoms with E-state index in [1.54, 1.807) is 36.4 Å². The Morgan fingerprint density at radius 3 is 2.20 bits per heavy atom. The van der Waals surface area contributed by atoms with E-state index in [9.17, 15) is 23.8 Å². The number of carbonyl (C=O) groups excluding carboxylic acids is 2. The number of carbonyl (C=O) groups is 3. The summed E-state index contributed by atoms with van der Waals surface area (Å²) in [4.78, 5) is 47.8. The van der Waals surface area contributed by atoms with Gasteiger partial charge in [-0.15, -0.1) is 0 Å². The molecule has 1 saturated carbocycles. The van der Waals surface area contributed by atoms with Crippen LogP contribution in [0.15, 0.2) is 60.7 Å². The third-order valence-electron chi connectivity index (χ3n) is 6.24. The smallest absolute Gasteiger partial charge is 0.408 e. The molecule has 9 nitrogen and oxygen atoms in total. The predicted octanol–water partition coefficient (Wildman–Crippen LogP) is 3.51. The summed E-state index contributed by atoms with van der Waals surface area (Å²) in [5, 5.41) is 14.1. The van der Waals surface area contributed by atoms with Crippen LogP contribution >= 0.6 is 7.37 Å². The molecule has 0 bridgehead atoms. The molecule has 10 heteroatoms. The Hall–Kier alpha value is -3.16. The first kappa shape index (κ1) is 26.4. The molecule has 5 unspecified atom stereocenters.